The number of carbonyl (C=O) groups is 2. The maximum atomic E-state index is 13.6. The van der Waals surface area contributed by atoms with Crippen LogP contribution in [0.25, 0.3) is 0 Å². The highest BCUT2D eigenvalue weighted by atomic mass is 19.4. The lowest BCUT2D eigenvalue weighted by molar-refractivity contribution is -0.308. The SMILES string of the molecule is O=COC1CN(c2cc(C(F)(F)F)ccc2CN2CCCC23CCN(C(=O)OC(C(F)(F)F)C(F)(F)F)CC3)CCO1. The average molecular weight is 621 g/mol. The van der Waals surface area contributed by atoms with Crippen LogP contribution in [0.2, 0.25) is 0 Å². The van der Waals surface area contributed by atoms with Gasteiger partial charge < -0.3 is 24.0 Å². The molecule has 0 bridgehead atoms. The van der Waals surface area contributed by atoms with Crippen LogP contribution < -0.4 is 4.90 Å². The fourth-order valence-electron chi connectivity index (χ4n) is 5.76. The van der Waals surface area contributed by atoms with Crippen LogP contribution in [0.5, 0.6) is 0 Å². The van der Waals surface area contributed by atoms with Gasteiger partial charge in [-0.25, -0.2) is 4.79 Å². The molecule has 0 radical (unpaired) electrons. The summed E-state index contributed by atoms with van der Waals surface area (Å²) in [4.78, 5) is 27.5. The maximum Gasteiger partial charge on any atom is 0.434 e. The zero-order valence-electron chi connectivity index (χ0n) is 22.0. The lowest BCUT2D eigenvalue weighted by atomic mass is 9.84. The van der Waals surface area contributed by atoms with Crippen molar-refractivity contribution in [3.05, 3.63) is 29.3 Å². The summed E-state index contributed by atoms with van der Waals surface area (Å²) in [5.74, 6) is 0. The first-order valence-corrected chi connectivity index (χ1v) is 13.0. The van der Waals surface area contributed by atoms with E-state index in [2.05, 4.69) is 4.74 Å². The van der Waals surface area contributed by atoms with E-state index >= 15 is 0 Å². The number of anilines is 1. The molecule has 42 heavy (non-hydrogen) atoms. The third kappa shape index (κ3) is 7.15. The van der Waals surface area contributed by atoms with Crippen molar-refractivity contribution in [2.45, 2.75) is 68.7 Å². The molecule has 0 N–H and O–H groups in total. The fourth-order valence-corrected chi connectivity index (χ4v) is 5.76. The van der Waals surface area contributed by atoms with Crippen LogP contribution >= 0.6 is 0 Å². The van der Waals surface area contributed by atoms with Crippen LogP contribution in [0, 0.1) is 0 Å². The molecular formula is C25H28F9N3O5. The van der Waals surface area contributed by atoms with Crippen molar-refractivity contribution >= 4 is 18.3 Å². The Morgan fingerprint density at radius 3 is 2.26 bits per heavy atom. The van der Waals surface area contributed by atoms with Crippen molar-refractivity contribution in [1.82, 2.24) is 9.80 Å². The molecule has 0 aliphatic carbocycles. The Morgan fingerprint density at radius 1 is 1.00 bits per heavy atom. The summed E-state index contributed by atoms with van der Waals surface area (Å²) < 4.78 is 132. The van der Waals surface area contributed by atoms with Gasteiger partial charge in [0, 0.05) is 37.4 Å². The number of nitrogens with zero attached hydrogens (tertiary/aromatic N) is 3. The molecule has 1 atom stereocenters. The molecule has 3 fully saturated rings. The molecule has 1 amide bonds. The molecule has 3 saturated heterocycles. The quantitative estimate of drug-likeness (QED) is 0.324. The third-order valence-corrected chi connectivity index (χ3v) is 7.86. The van der Waals surface area contributed by atoms with Gasteiger partial charge in [0.05, 0.1) is 18.7 Å². The number of ether oxygens (including phenoxy) is 3. The number of benzene rings is 1. The van der Waals surface area contributed by atoms with Crippen molar-refractivity contribution in [2.24, 2.45) is 0 Å². The van der Waals surface area contributed by atoms with Gasteiger partial charge in [-0.3, -0.25) is 9.69 Å². The standard InChI is InChI=1S/C25H28F9N3O5/c26-23(27,28)17-3-2-16(18(12-17)36-10-11-40-19(14-36)41-15-38)13-37-7-1-4-22(37)5-8-35(9-6-22)21(39)42-20(24(29,30)31)25(32,33)34/h2-3,12,15,19-20H,1,4-11,13-14H2. The number of rotatable bonds is 6. The first-order valence-electron chi connectivity index (χ1n) is 13.0. The van der Waals surface area contributed by atoms with Crippen molar-refractivity contribution in [2.75, 3.05) is 44.2 Å². The molecule has 17 heteroatoms. The first-order chi connectivity index (χ1) is 19.5. The Balaban J connectivity index is 1.49. The maximum absolute atomic E-state index is 13.6. The smallest absolute Gasteiger partial charge is 0.434 e. The van der Waals surface area contributed by atoms with Gasteiger partial charge in [0.15, 0.2) is 0 Å². The van der Waals surface area contributed by atoms with Gasteiger partial charge in [0.2, 0.25) is 6.29 Å². The fraction of sp³-hybridized carbons (Fsp3) is 0.680. The van der Waals surface area contributed by atoms with Crippen LogP contribution in [0.1, 0.15) is 36.8 Å². The van der Waals surface area contributed by atoms with Gasteiger partial charge >= 0.3 is 24.6 Å². The normalized spacial score (nSPS) is 22.1. The van der Waals surface area contributed by atoms with Gasteiger partial charge in [-0.1, -0.05) is 6.07 Å². The molecule has 1 unspecified atom stereocenters. The van der Waals surface area contributed by atoms with E-state index < -0.39 is 48.1 Å². The second-order valence-corrected chi connectivity index (χ2v) is 10.4. The van der Waals surface area contributed by atoms with Gasteiger partial charge in [-0.2, -0.15) is 39.5 Å². The van der Waals surface area contributed by atoms with Crippen LogP contribution in [0.4, 0.5) is 50.0 Å². The van der Waals surface area contributed by atoms with Crippen molar-refractivity contribution in [3.8, 4) is 0 Å². The van der Waals surface area contributed by atoms with Crippen molar-refractivity contribution in [1.29, 1.82) is 0 Å². The summed E-state index contributed by atoms with van der Waals surface area (Å²) >= 11 is 0. The van der Waals surface area contributed by atoms with E-state index in [1.54, 1.807) is 4.90 Å². The number of alkyl halides is 9. The topological polar surface area (TPSA) is 71.6 Å². The molecule has 1 spiro atoms. The summed E-state index contributed by atoms with van der Waals surface area (Å²) in [5.41, 5.74) is -0.644. The highest BCUT2D eigenvalue weighted by Gasteiger charge is 2.60. The average Bonchev–Trinajstić information content (AvgIpc) is 3.27. The van der Waals surface area contributed by atoms with E-state index in [9.17, 15) is 49.1 Å². The number of morpholine rings is 1. The molecule has 1 aromatic rings. The zero-order chi connectivity index (χ0) is 30.9. The summed E-state index contributed by atoms with van der Waals surface area (Å²) in [7, 11) is 0. The Bertz CT molecular complexity index is 1110. The highest BCUT2D eigenvalue weighted by molar-refractivity contribution is 5.68. The van der Waals surface area contributed by atoms with Gasteiger partial charge in [-0.05, 0) is 49.9 Å². The summed E-state index contributed by atoms with van der Waals surface area (Å²) in [6.07, 6.45) is -21.5. The molecule has 236 valence electrons. The zero-order valence-corrected chi connectivity index (χ0v) is 22.0. The monoisotopic (exact) mass is 621 g/mol. The molecule has 3 heterocycles. The van der Waals surface area contributed by atoms with Gasteiger partial charge in [-0.15, -0.1) is 0 Å². The second-order valence-electron chi connectivity index (χ2n) is 10.4. The number of piperidine rings is 1. The predicted molar refractivity (Wildman–Crippen MR) is 126 cm³/mol. The Labute approximate surface area is 234 Å². The summed E-state index contributed by atoms with van der Waals surface area (Å²) in [5, 5.41) is 0. The minimum atomic E-state index is -5.83. The lowest BCUT2D eigenvalue weighted by Gasteiger charge is -2.45. The minimum absolute atomic E-state index is 0.00783. The Morgan fingerprint density at radius 2 is 1.67 bits per heavy atom. The highest BCUT2D eigenvalue weighted by Crippen LogP contribution is 2.42. The predicted octanol–water partition coefficient (Wildman–Crippen LogP) is 5.10. The van der Waals surface area contributed by atoms with E-state index in [0.29, 0.717) is 24.9 Å². The number of likely N-dealkylation sites (tertiary alicyclic amines) is 2. The number of halogens is 9. The Kier molecular flexibility index (Phi) is 9.11. The lowest BCUT2D eigenvalue weighted by Crippen LogP contribution is -2.54. The molecule has 0 aromatic heterocycles. The first kappa shape index (κ1) is 32.0. The van der Waals surface area contributed by atoms with E-state index in [1.165, 1.54) is 6.07 Å². The summed E-state index contributed by atoms with van der Waals surface area (Å²) in [6.45, 7) is 0.907. The molecule has 3 aliphatic rings. The van der Waals surface area contributed by atoms with Crippen molar-refractivity contribution in [3.63, 3.8) is 0 Å². The number of carbonyl (C=O) groups excluding carboxylic acids is 2. The molecule has 1 aromatic carbocycles. The largest absolute Gasteiger partial charge is 0.436 e. The Hall–Kier alpha value is -2.95. The molecule has 8 nitrogen and oxygen atoms in total. The molecular weight excluding hydrogens is 593 g/mol. The van der Waals surface area contributed by atoms with E-state index in [4.69, 9.17) is 9.47 Å². The molecule has 0 saturated carbocycles. The van der Waals surface area contributed by atoms with E-state index in [0.717, 1.165) is 17.0 Å². The molecule has 3 aliphatic heterocycles. The number of hydrogen-bond acceptors (Lipinski definition) is 7. The molecule has 4 rings (SSSR count). The van der Waals surface area contributed by atoms with Gasteiger partial charge in [0.1, 0.15) is 0 Å². The second kappa shape index (κ2) is 12.0. The number of amides is 1. The van der Waals surface area contributed by atoms with Crippen LogP contribution in [0.3, 0.4) is 0 Å². The number of hydrogen-bond donors (Lipinski definition) is 0. The summed E-state index contributed by atoms with van der Waals surface area (Å²) in [6, 6.07) is 3.32. The van der Waals surface area contributed by atoms with Crippen LogP contribution in [-0.4, -0.2) is 92.0 Å². The van der Waals surface area contributed by atoms with Crippen molar-refractivity contribution < 1.29 is 63.3 Å². The minimum Gasteiger partial charge on any atom is -0.436 e. The third-order valence-electron chi connectivity index (χ3n) is 7.86. The van der Waals surface area contributed by atoms with Crippen LogP contribution in [0.15, 0.2) is 18.2 Å². The van der Waals surface area contributed by atoms with Gasteiger partial charge in [0.25, 0.3) is 12.6 Å². The van der Waals surface area contributed by atoms with E-state index in [1.807, 2.05) is 4.90 Å². The van der Waals surface area contributed by atoms with E-state index in [-0.39, 0.29) is 64.3 Å². The van der Waals surface area contributed by atoms with Crippen LogP contribution in [-0.2, 0) is 31.7 Å².